The van der Waals surface area contributed by atoms with E-state index in [0.29, 0.717) is 22.2 Å². The number of rotatable bonds is 5. The van der Waals surface area contributed by atoms with Crippen LogP contribution in [0.4, 0.5) is 5.69 Å². The zero-order valence-electron chi connectivity index (χ0n) is 14.0. The maximum Gasteiger partial charge on any atom is 0.331 e. The molecule has 0 unspecified atom stereocenters. The topological polar surface area (TPSA) is 73.9 Å². The average molecular weight is 374 g/mol. The molecule has 26 heavy (non-hydrogen) atoms. The van der Waals surface area contributed by atoms with Crippen molar-refractivity contribution in [2.75, 3.05) is 18.7 Å². The second kappa shape index (κ2) is 7.93. The fraction of sp³-hybridized carbons (Fsp3) is 0.158. The second-order valence-corrected chi connectivity index (χ2v) is 5.97. The van der Waals surface area contributed by atoms with Gasteiger partial charge in [0.25, 0.3) is 5.91 Å². The predicted molar refractivity (Wildman–Crippen MR) is 97.4 cm³/mol. The van der Waals surface area contributed by atoms with E-state index in [-0.39, 0.29) is 6.79 Å². The van der Waals surface area contributed by atoms with Gasteiger partial charge in [0, 0.05) is 16.8 Å². The number of fused-ring (bicyclic) bond motifs is 1. The Hall–Kier alpha value is -2.99. The largest absolute Gasteiger partial charge is 0.454 e. The van der Waals surface area contributed by atoms with Crippen LogP contribution in [0.5, 0.6) is 11.5 Å². The maximum absolute atomic E-state index is 11.8. The molecule has 0 aliphatic carbocycles. The Morgan fingerprint density at radius 1 is 1.19 bits per heavy atom. The summed E-state index contributed by atoms with van der Waals surface area (Å²) in [5.74, 6) is 0.212. The Morgan fingerprint density at radius 2 is 2.00 bits per heavy atom. The third-order valence-corrected chi connectivity index (χ3v) is 4.02. The molecule has 0 atom stereocenters. The van der Waals surface area contributed by atoms with Gasteiger partial charge in [0.05, 0.1) is 0 Å². The summed E-state index contributed by atoms with van der Waals surface area (Å²) in [7, 11) is 0. The zero-order chi connectivity index (χ0) is 18.5. The van der Waals surface area contributed by atoms with Crippen molar-refractivity contribution in [3.8, 4) is 11.5 Å². The van der Waals surface area contributed by atoms with Crippen LogP contribution in [0, 0.1) is 6.92 Å². The number of hydrogen-bond donors (Lipinski definition) is 1. The summed E-state index contributed by atoms with van der Waals surface area (Å²) < 4.78 is 15.4. The van der Waals surface area contributed by atoms with Gasteiger partial charge in [-0.2, -0.15) is 0 Å². The SMILES string of the molecule is Cc1ccc(NC(=O)COC(=O)/C=C/c2ccc3c(c2)OCO3)cc1Cl. The van der Waals surface area contributed by atoms with Gasteiger partial charge in [-0.3, -0.25) is 4.79 Å². The Morgan fingerprint density at radius 3 is 2.81 bits per heavy atom. The molecule has 2 aromatic carbocycles. The Kier molecular flexibility index (Phi) is 5.43. The summed E-state index contributed by atoms with van der Waals surface area (Å²) in [5, 5.41) is 3.16. The van der Waals surface area contributed by atoms with E-state index in [2.05, 4.69) is 5.32 Å². The minimum Gasteiger partial charge on any atom is -0.454 e. The summed E-state index contributed by atoms with van der Waals surface area (Å²) in [6.45, 7) is 1.66. The van der Waals surface area contributed by atoms with Crippen molar-refractivity contribution in [2.24, 2.45) is 0 Å². The lowest BCUT2D eigenvalue weighted by Crippen LogP contribution is -2.20. The number of hydrogen-bond acceptors (Lipinski definition) is 5. The smallest absolute Gasteiger partial charge is 0.331 e. The molecule has 134 valence electrons. The van der Waals surface area contributed by atoms with E-state index in [9.17, 15) is 9.59 Å². The number of amides is 1. The lowest BCUT2D eigenvalue weighted by molar-refractivity contribution is -0.142. The molecule has 1 aliphatic heterocycles. The minimum atomic E-state index is -0.625. The maximum atomic E-state index is 11.8. The third-order valence-electron chi connectivity index (χ3n) is 3.61. The van der Waals surface area contributed by atoms with Crippen LogP contribution in [0.25, 0.3) is 6.08 Å². The number of carbonyl (C=O) groups is 2. The van der Waals surface area contributed by atoms with Gasteiger partial charge < -0.3 is 19.5 Å². The summed E-state index contributed by atoms with van der Waals surface area (Å²) in [6, 6.07) is 10.4. The normalized spacial score (nSPS) is 12.2. The number of nitrogens with one attached hydrogen (secondary N) is 1. The number of benzene rings is 2. The minimum absolute atomic E-state index is 0.186. The fourth-order valence-corrected chi connectivity index (χ4v) is 2.41. The van der Waals surface area contributed by atoms with E-state index in [1.165, 1.54) is 6.08 Å². The van der Waals surface area contributed by atoms with Crippen LogP contribution in [0.3, 0.4) is 0 Å². The molecule has 1 aliphatic rings. The highest BCUT2D eigenvalue weighted by Gasteiger charge is 2.12. The van der Waals surface area contributed by atoms with E-state index in [0.717, 1.165) is 11.1 Å². The standard InChI is InChI=1S/C19H16ClNO5/c1-12-2-5-14(9-15(12)20)21-18(22)10-24-19(23)7-4-13-3-6-16-17(8-13)26-11-25-16/h2-9H,10-11H2,1H3,(H,21,22)/b7-4+. The molecule has 0 fully saturated rings. The first kappa shape index (κ1) is 17.8. The Balaban J connectivity index is 1.48. The predicted octanol–water partition coefficient (Wildman–Crippen LogP) is 3.57. The number of ether oxygens (including phenoxy) is 3. The van der Waals surface area contributed by atoms with Crippen LogP contribution in [0.2, 0.25) is 5.02 Å². The summed E-state index contributed by atoms with van der Waals surface area (Å²) in [6.07, 6.45) is 2.81. The van der Waals surface area contributed by atoms with Crippen molar-refractivity contribution in [2.45, 2.75) is 6.92 Å². The van der Waals surface area contributed by atoms with Crippen molar-refractivity contribution >= 4 is 35.2 Å². The third kappa shape index (κ3) is 4.55. The van der Waals surface area contributed by atoms with Gasteiger partial charge in [0.15, 0.2) is 18.1 Å². The van der Waals surface area contributed by atoms with Crippen molar-refractivity contribution in [3.63, 3.8) is 0 Å². The van der Waals surface area contributed by atoms with Crippen LogP contribution in [-0.4, -0.2) is 25.3 Å². The van der Waals surface area contributed by atoms with Crippen LogP contribution in [0.15, 0.2) is 42.5 Å². The molecule has 1 amide bonds. The van der Waals surface area contributed by atoms with Crippen LogP contribution >= 0.6 is 11.6 Å². The zero-order valence-corrected chi connectivity index (χ0v) is 14.7. The molecule has 1 N–H and O–H groups in total. The van der Waals surface area contributed by atoms with Crippen LogP contribution in [0.1, 0.15) is 11.1 Å². The molecule has 1 heterocycles. The number of anilines is 1. The lowest BCUT2D eigenvalue weighted by atomic mass is 10.2. The summed E-state index contributed by atoms with van der Waals surface area (Å²) >= 11 is 6.00. The van der Waals surface area contributed by atoms with Crippen molar-refractivity contribution < 1.29 is 23.8 Å². The molecule has 0 bridgehead atoms. The number of esters is 1. The molecule has 3 rings (SSSR count). The van der Waals surface area contributed by atoms with E-state index in [1.54, 1.807) is 42.5 Å². The van der Waals surface area contributed by atoms with Crippen molar-refractivity contribution in [1.29, 1.82) is 0 Å². The van der Waals surface area contributed by atoms with Crippen molar-refractivity contribution in [3.05, 3.63) is 58.6 Å². The van der Waals surface area contributed by atoms with Gasteiger partial charge in [-0.25, -0.2) is 4.79 Å². The lowest BCUT2D eigenvalue weighted by Gasteiger charge is -2.07. The molecule has 0 spiro atoms. The summed E-state index contributed by atoms with van der Waals surface area (Å²) in [5.41, 5.74) is 2.20. The quantitative estimate of drug-likeness (QED) is 0.640. The highest BCUT2D eigenvalue weighted by molar-refractivity contribution is 6.31. The summed E-state index contributed by atoms with van der Waals surface area (Å²) in [4.78, 5) is 23.6. The van der Waals surface area contributed by atoms with Crippen LogP contribution < -0.4 is 14.8 Å². The van der Waals surface area contributed by atoms with E-state index in [4.69, 9.17) is 25.8 Å². The fourth-order valence-electron chi connectivity index (χ4n) is 2.23. The number of carbonyl (C=O) groups excluding carboxylic acids is 2. The van der Waals surface area contributed by atoms with E-state index >= 15 is 0 Å². The highest BCUT2D eigenvalue weighted by atomic mass is 35.5. The number of halogens is 1. The molecule has 6 nitrogen and oxygen atoms in total. The average Bonchev–Trinajstić information content (AvgIpc) is 3.09. The second-order valence-electron chi connectivity index (χ2n) is 5.57. The molecular weight excluding hydrogens is 358 g/mol. The first-order valence-electron chi connectivity index (χ1n) is 7.82. The molecule has 0 saturated heterocycles. The van der Waals surface area contributed by atoms with E-state index in [1.807, 2.05) is 6.92 Å². The molecule has 0 saturated carbocycles. The number of aryl methyl sites for hydroxylation is 1. The Labute approximate surface area is 155 Å². The van der Waals surface area contributed by atoms with Gasteiger partial charge in [-0.1, -0.05) is 23.7 Å². The molecule has 0 radical (unpaired) electrons. The van der Waals surface area contributed by atoms with Gasteiger partial charge >= 0.3 is 5.97 Å². The van der Waals surface area contributed by atoms with Crippen LogP contribution in [-0.2, 0) is 14.3 Å². The van der Waals surface area contributed by atoms with E-state index < -0.39 is 18.5 Å². The van der Waals surface area contributed by atoms with Gasteiger partial charge in [-0.15, -0.1) is 0 Å². The van der Waals surface area contributed by atoms with Gasteiger partial charge in [0.2, 0.25) is 6.79 Å². The van der Waals surface area contributed by atoms with Gasteiger partial charge in [-0.05, 0) is 48.4 Å². The molecule has 7 heteroatoms. The van der Waals surface area contributed by atoms with Gasteiger partial charge in [0.1, 0.15) is 0 Å². The van der Waals surface area contributed by atoms with Crippen molar-refractivity contribution in [1.82, 2.24) is 0 Å². The molecular formula is C19H16ClNO5. The highest BCUT2D eigenvalue weighted by Crippen LogP contribution is 2.32. The first-order chi connectivity index (χ1) is 12.5. The monoisotopic (exact) mass is 373 g/mol. The first-order valence-corrected chi connectivity index (χ1v) is 8.19. The molecule has 2 aromatic rings. The Bertz CT molecular complexity index is 878. The molecule has 0 aromatic heterocycles.